The van der Waals surface area contributed by atoms with Crippen molar-refractivity contribution >= 4 is 11.6 Å². The summed E-state index contributed by atoms with van der Waals surface area (Å²) >= 11 is 5.88. The fourth-order valence-corrected chi connectivity index (χ4v) is 1.84. The highest BCUT2D eigenvalue weighted by Gasteiger charge is 2.08. The highest BCUT2D eigenvalue weighted by Crippen LogP contribution is 2.20. The van der Waals surface area contributed by atoms with Crippen molar-refractivity contribution in [1.29, 1.82) is 0 Å². The molecule has 18 heavy (non-hydrogen) atoms. The Kier molecular flexibility index (Phi) is 2.78. The summed E-state index contributed by atoms with van der Waals surface area (Å²) in [5.41, 5.74) is 1.89. The third-order valence-corrected chi connectivity index (χ3v) is 2.81. The topological polar surface area (TPSA) is 43.6 Å². The monoisotopic (exact) mass is 256 g/mol. The molecule has 0 aliphatic heterocycles. The molecule has 3 rings (SSSR count). The van der Waals surface area contributed by atoms with Gasteiger partial charge in [-0.25, -0.2) is 9.67 Å². The molecule has 0 amide bonds. The van der Waals surface area contributed by atoms with Crippen molar-refractivity contribution < 1.29 is 0 Å². The van der Waals surface area contributed by atoms with Gasteiger partial charge in [-0.1, -0.05) is 11.6 Å². The summed E-state index contributed by atoms with van der Waals surface area (Å²) < 4.78 is 1.77. The highest BCUT2D eigenvalue weighted by molar-refractivity contribution is 6.30. The predicted octanol–water partition coefficient (Wildman–Crippen LogP) is 2.98. The quantitative estimate of drug-likeness (QED) is 0.708. The third-order valence-electron chi connectivity index (χ3n) is 2.56. The zero-order valence-electron chi connectivity index (χ0n) is 9.36. The molecule has 4 nitrogen and oxygen atoms in total. The van der Waals surface area contributed by atoms with Crippen LogP contribution < -0.4 is 0 Å². The van der Waals surface area contributed by atoms with Crippen molar-refractivity contribution in [2.75, 3.05) is 0 Å². The molecule has 0 spiro atoms. The molecule has 0 atom stereocenters. The van der Waals surface area contributed by atoms with Crippen LogP contribution in [0.1, 0.15) is 0 Å². The van der Waals surface area contributed by atoms with Gasteiger partial charge in [0.25, 0.3) is 0 Å². The van der Waals surface area contributed by atoms with Gasteiger partial charge in [0.2, 0.25) is 0 Å². The van der Waals surface area contributed by atoms with E-state index in [1.165, 1.54) is 6.33 Å². The minimum atomic E-state index is 0.698. The van der Waals surface area contributed by atoms with Crippen molar-refractivity contribution in [2.45, 2.75) is 0 Å². The number of nitrogens with zero attached hydrogens (tertiary/aromatic N) is 4. The third kappa shape index (κ3) is 1.98. The molecule has 3 aromatic rings. The molecular formula is C13H9ClN4. The SMILES string of the molecule is Clc1ccc(-n2ncnc2-c2ccncc2)cc1. The lowest BCUT2D eigenvalue weighted by Gasteiger charge is -2.05. The van der Waals surface area contributed by atoms with Gasteiger partial charge in [-0.15, -0.1) is 0 Å². The minimum absolute atomic E-state index is 0.698. The maximum absolute atomic E-state index is 5.88. The van der Waals surface area contributed by atoms with E-state index in [0.29, 0.717) is 5.02 Å². The van der Waals surface area contributed by atoms with Gasteiger partial charge in [-0.3, -0.25) is 4.98 Å². The normalized spacial score (nSPS) is 10.5. The number of hydrogen-bond donors (Lipinski definition) is 0. The van der Waals surface area contributed by atoms with E-state index in [1.807, 2.05) is 36.4 Å². The molecule has 0 radical (unpaired) electrons. The summed E-state index contributed by atoms with van der Waals surface area (Å²) in [6.07, 6.45) is 5.00. The average molecular weight is 257 g/mol. The van der Waals surface area contributed by atoms with Crippen LogP contribution >= 0.6 is 11.6 Å². The second kappa shape index (κ2) is 4.58. The molecule has 2 aromatic heterocycles. The van der Waals surface area contributed by atoms with Crippen molar-refractivity contribution in [2.24, 2.45) is 0 Å². The van der Waals surface area contributed by atoms with E-state index in [-0.39, 0.29) is 0 Å². The predicted molar refractivity (Wildman–Crippen MR) is 69.6 cm³/mol. The van der Waals surface area contributed by atoms with E-state index < -0.39 is 0 Å². The van der Waals surface area contributed by atoms with Crippen molar-refractivity contribution in [1.82, 2.24) is 19.7 Å². The summed E-state index contributed by atoms with van der Waals surface area (Å²) in [5, 5.41) is 4.93. The van der Waals surface area contributed by atoms with Gasteiger partial charge in [0, 0.05) is 23.0 Å². The fraction of sp³-hybridized carbons (Fsp3) is 0. The maximum Gasteiger partial charge on any atom is 0.163 e. The summed E-state index contributed by atoms with van der Waals surface area (Å²) in [6.45, 7) is 0. The Morgan fingerprint density at radius 2 is 1.67 bits per heavy atom. The van der Waals surface area contributed by atoms with Crippen molar-refractivity contribution in [3.8, 4) is 17.1 Å². The molecule has 0 aliphatic rings. The van der Waals surface area contributed by atoms with Crippen LogP contribution in [-0.2, 0) is 0 Å². The standard InChI is InChI=1S/C13H9ClN4/c14-11-1-3-12(4-2-11)18-13(16-9-17-18)10-5-7-15-8-6-10/h1-9H. The van der Waals surface area contributed by atoms with Crippen LogP contribution in [0.15, 0.2) is 55.1 Å². The lowest BCUT2D eigenvalue weighted by Crippen LogP contribution is -1.99. The number of aromatic nitrogens is 4. The average Bonchev–Trinajstić information content (AvgIpc) is 2.90. The van der Waals surface area contributed by atoms with Crippen molar-refractivity contribution in [3.05, 3.63) is 60.1 Å². The van der Waals surface area contributed by atoms with Crippen LogP contribution in [-0.4, -0.2) is 19.7 Å². The van der Waals surface area contributed by atoms with E-state index in [9.17, 15) is 0 Å². The molecule has 0 N–H and O–H groups in total. The van der Waals surface area contributed by atoms with Gasteiger partial charge in [-0.05, 0) is 36.4 Å². The Morgan fingerprint density at radius 1 is 0.944 bits per heavy atom. The van der Waals surface area contributed by atoms with E-state index in [0.717, 1.165) is 17.1 Å². The Bertz CT molecular complexity index is 646. The molecular weight excluding hydrogens is 248 g/mol. The number of hydrogen-bond acceptors (Lipinski definition) is 3. The summed E-state index contributed by atoms with van der Waals surface area (Å²) in [7, 11) is 0. The van der Waals surface area contributed by atoms with Crippen LogP contribution in [0, 0.1) is 0 Å². The smallest absolute Gasteiger partial charge is 0.163 e. The second-order valence-electron chi connectivity index (χ2n) is 3.71. The summed E-state index contributed by atoms with van der Waals surface area (Å²) in [4.78, 5) is 8.27. The van der Waals surface area contributed by atoms with E-state index in [1.54, 1.807) is 17.1 Å². The minimum Gasteiger partial charge on any atom is -0.265 e. The molecule has 2 heterocycles. The zero-order chi connectivity index (χ0) is 12.4. The Hall–Kier alpha value is -2.20. The molecule has 1 aromatic carbocycles. The molecule has 88 valence electrons. The van der Waals surface area contributed by atoms with Gasteiger partial charge in [0.1, 0.15) is 6.33 Å². The zero-order valence-corrected chi connectivity index (χ0v) is 10.1. The Labute approximate surface area is 109 Å². The highest BCUT2D eigenvalue weighted by atomic mass is 35.5. The molecule has 0 unspecified atom stereocenters. The number of halogens is 1. The first-order chi connectivity index (χ1) is 8.84. The molecule has 0 aliphatic carbocycles. The first-order valence-electron chi connectivity index (χ1n) is 5.41. The molecule has 0 saturated heterocycles. The molecule has 0 bridgehead atoms. The van der Waals surface area contributed by atoms with E-state index in [2.05, 4.69) is 15.1 Å². The summed E-state index contributed by atoms with van der Waals surface area (Å²) in [5.74, 6) is 0.778. The molecule has 5 heteroatoms. The number of benzene rings is 1. The largest absolute Gasteiger partial charge is 0.265 e. The van der Waals surface area contributed by atoms with Gasteiger partial charge < -0.3 is 0 Å². The van der Waals surface area contributed by atoms with Crippen LogP contribution in [0.5, 0.6) is 0 Å². The number of rotatable bonds is 2. The van der Waals surface area contributed by atoms with Gasteiger partial charge in [-0.2, -0.15) is 5.10 Å². The van der Waals surface area contributed by atoms with Gasteiger partial charge in [0.05, 0.1) is 5.69 Å². The first-order valence-corrected chi connectivity index (χ1v) is 5.79. The lowest BCUT2D eigenvalue weighted by molar-refractivity contribution is 0.887. The van der Waals surface area contributed by atoms with Gasteiger partial charge >= 0.3 is 0 Å². The maximum atomic E-state index is 5.88. The van der Waals surface area contributed by atoms with E-state index >= 15 is 0 Å². The lowest BCUT2D eigenvalue weighted by atomic mass is 10.2. The van der Waals surface area contributed by atoms with Crippen molar-refractivity contribution in [3.63, 3.8) is 0 Å². The molecule has 0 saturated carbocycles. The molecule has 0 fully saturated rings. The first kappa shape index (κ1) is 10.9. The fourth-order valence-electron chi connectivity index (χ4n) is 1.71. The Balaban J connectivity index is 2.10. The summed E-state index contributed by atoms with van der Waals surface area (Å²) in [6, 6.07) is 11.3. The van der Waals surface area contributed by atoms with Crippen LogP contribution in [0.25, 0.3) is 17.1 Å². The second-order valence-corrected chi connectivity index (χ2v) is 4.14. The van der Waals surface area contributed by atoms with Crippen LogP contribution in [0.3, 0.4) is 0 Å². The van der Waals surface area contributed by atoms with E-state index in [4.69, 9.17) is 11.6 Å². The van der Waals surface area contributed by atoms with Crippen LogP contribution in [0.2, 0.25) is 5.02 Å². The number of pyridine rings is 1. The van der Waals surface area contributed by atoms with Crippen LogP contribution in [0.4, 0.5) is 0 Å². The Morgan fingerprint density at radius 3 is 2.39 bits per heavy atom. The van der Waals surface area contributed by atoms with Gasteiger partial charge in [0.15, 0.2) is 5.82 Å².